The molecule has 0 spiro atoms. The maximum Gasteiger partial charge on any atom is 0.387 e. The first-order chi connectivity index (χ1) is 10.8. The molecular weight excluding hydrogens is 304 g/mol. The summed E-state index contributed by atoms with van der Waals surface area (Å²) in [6.07, 6.45) is 0. The van der Waals surface area contributed by atoms with Gasteiger partial charge in [-0.1, -0.05) is 17.7 Å². The number of hydrogen-bond donors (Lipinski definition) is 2. The van der Waals surface area contributed by atoms with Crippen molar-refractivity contribution < 1.29 is 18.3 Å². The van der Waals surface area contributed by atoms with Gasteiger partial charge in [0.05, 0.1) is 5.60 Å². The second-order valence-electron chi connectivity index (χ2n) is 5.73. The summed E-state index contributed by atoms with van der Waals surface area (Å²) in [4.78, 5) is 4.10. The lowest BCUT2D eigenvalue weighted by Crippen LogP contribution is -2.45. The highest BCUT2D eigenvalue weighted by Crippen LogP contribution is 2.21. The van der Waals surface area contributed by atoms with Gasteiger partial charge >= 0.3 is 6.61 Å². The standard InChI is InChI=1S/C16H25F2N3O2/c1-11-6-7-13(23-14(17)18)12(8-11)9-20-15(19-4)21-10-16(2,3)22-5/h6-8,14H,9-10H2,1-5H3,(H2,19,20,21). The highest BCUT2D eigenvalue weighted by molar-refractivity contribution is 5.79. The van der Waals surface area contributed by atoms with Crippen LogP contribution in [-0.4, -0.2) is 38.9 Å². The smallest absolute Gasteiger partial charge is 0.387 e. The maximum absolute atomic E-state index is 12.5. The average Bonchev–Trinajstić information content (AvgIpc) is 2.49. The molecule has 23 heavy (non-hydrogen) atoms. The zero-order chi connectivity index (χ0) is 17.5. The Morgan fingerprint density at radius 2 is 2.00 bits per heavy atom. The summed E-state index contributed by atoms with van der Waals surface area (Å²) in [6, 6.07) is 5.08. The van der Waals surface area contributed by atoms with Gasteiger partial charge in [0.2, 0.25) is 0 Å². The van der Waals surface area contributed by atoms with E-state index in [0.29, 0.717) is 24.6 Å². The number of benzene rings is 1. The van der Waals surface area contributed by atoms with E-state index in [0.717, 1.165) is 5.56 Å². The van der Waals surface area contributed by atoms with E-state index in [1.807, 2.05) is 20.8 Å². The van der Waals surface area contributed by atoms with E-state index in [1.54, 1.807) is 32.4 Å². The Bertz CT molecular complexity index is 534. The molecule has 0 aromatic heterocycles. The van der Waals surface area contributed by atoms with Crippen LogP contribution >= 0.6 is 0 Å². The fourth-order valence-corrected chi connectivity index (χ4v) is 1.83. The summed E-state index contributed by atoms with van der Waals surface area (Å²) < 4.78 is 34.8. The Balaban J connectivity index is 2.70. The van der Waals surface area contributed by atoms with E-state index < -0.39 is 6.61 Å². The Labute approximate surface area is 136 Å². The van der Waals surface area contributed by atoms with E-state index in [2.05, 4.69) is 20.4 Å². The van der Waals surface area contributed by atoms with E-state index in [9.17, 15) is 8.78 Å². The number of guanidine groups is 1. The Kier molecular flexibility index (Phi) is 7.22. The molecule has 1 rings (SSSR count). The van der Waals surface area contributed by atoms with Crippen molar-refractivity contribution in [2.24, 2.45) is 4.99 Å². The highest BCUT2D eigenvalue weighted by atomic mass is 19.3. The number of aliphatic imine (C=N–C) groups is 1. The van der Waals surface area contributed by atoms with E-state index >= 15 is 0 Å². The summed E-state index contributed by atoms with van der Waals surface area (Å²) in [5.74, 6) is 0.713. The van der Waals surface area contributed by atoms with Gasteiger partial charge in [-0.3, -0.25) is 4.99 Å². The molecule has 1 aromatic carbocycles. The molecule has 5 nitrogen and oxygen atoms in total. The van der Waals surface area contributed by atoms with Gasteiger partial charge in [0, 0.05) is 32.8 Å². The summed E-state index contributed by atoms with van der Waals surface area (Å²) in [5.41, 5.74) is 1.26. The Hall–Kier alpha value is -1.89. The molecule has 0 aliphatic rings. The largest absolute Gasteiger partial charge is 0.434 e. The molecule has 0 saturated heterocycles. The molecule has 130 valence electrons. The average molecular weight is 329 g/mol. The number of alkyl halides is 2. The van der Waals surface area contributed by atoms with Crippen molar-refractivity contribution in [2.75, 3.05) is 20.7 Å². The van der Waals surface area contributed by atoms with Crippen LogP contribution in [0.25, 0.3) is 0 Å². The number of ether oxygens (including phenoxy) is 2. The molecule has 1 aromatic rings. The second kappa shape index (κ2) is 8.67. The van der Waals surface area contributed by atoms with E-state index in [1.165, 1.54) is 0 Å². The molecule has 2 N–H and O–H groups in total. The van der Waals surface area contributed by atoms with Crippen LogP contribution in [0.1, 0.15) is 25.0 Å². The van der Waals surface area contributed by atoms with Gasteiger partial charge in [0.1, 0.15) is 5.75 Å². The van der Waals surface area contributed by atoms with Crippen LogP contribution in [0.2, 0.25) is 0 Å². The molecule has 0 atom stereocenters. The first-order valence-corrected chi connectivity index (χ1v) is 7.31. The normalized spacial score (nSPS) is 12.4. The zero-order valence-electron chi connectivity index (χ0n) is 14.2. The van der Waals surface area contributed by atoms with Crippen molar-refractivity contribution in [3.63, 3.8) is 0 Å². The fraction of sp³-hybridized carbons (Fsp3) is 0.562. The number of nitrogens with zero attached hydrogens (tertiary/aromatic N) is 1. The summed E-state index contributed by atoms with van der Waals surface area (Å²) in [7, 11) is 3.28. The van der Waals surface area contributed by atoms with Crippen molar-refractivity contribution in [1.82, 2.24) is 10.6 Å². The van der Waals surface area contributed by atoms with Crippen molar-refractivity contribution in [3.8, 4) is 5.75 Å². The molecule has 0 heterocycles. The third-order valence-electron chi connectivity index (χ3n) is 3.34. The Morgan fingerprint density at radius 1 is 1.30 bits per heavy atom. The minimum atomic E-state index is -2.85. The van der Waals surface area contributed by atoms with Crippen molar-refractivity contribution in [3.05, 3.63) is 29.3 Å². The van der Waals surface area contributed by atoms with Crippen molar-refractivity contribution in [2.45, 2.75) is 39.5 Å². The van der Waals surface area contributed by atoms with Gasteiger partial charge in [-0.05, 0) is 26.8 Å². The van der Waals surface area contributed by atoms with E-state index in [-0.39, 0.29) is 11.4 Å². The van der Waals surface area contributed by atoms with Crippen LogP contribution < -0.4 is 15.4 Å². The predicted molar refractivity (Wildman–Crippen MR) is 87.1 cm³/mol. The predicted octanol–water partition coefficient (Wildman–Crippen LogP) is 2.69. The number of nitrogens with one attached hydrogen (secondary N) is 2. The summed E-state index contributed by atoms with van der Waals surface area (Å²) in [6.45, 7) is 3.81. The van der Waals surface area contributed by atoms with Crippen LogP contribution in [0, 0.1) is 6.92 Å². The topological polar surface area (TPSA) is 54.9 Å². The molecule has 0 fully saturated rings. The lowest BCUT2D eigenvalue weighted by molar-refractivity contribution is -0.0504. The number of aryl methyl sites for hydroxylation is 1. The van der Waals surface area contributed by atoms with Gasteiger partial charge in [-0.2, -0.15) is 8.78 Å². The molecule has 0 bridgehead atoms. The molecule has 0 saturated carbocycles. The summed E-state index contributed by atoms with van der Waals surface area (Å²) >= 11 is 0. The van der Waals surface area contributed by atoms with Crippen LogP contribution in [0.5, 0.6) is 5.75 Å². The molecule has 0 radical (unpaired) electrons. The zero-order valence-corrected chi connectivity index (χ0v) is 14.2. The molecule has 7 heteroatoms. The molecule has 0 aliphatic heterocycles. The van der Waals surface area contributed by atoms with Crippen LogP contribution in [-0.2, 0) is 11.3 Å². The molecule has 0 aliphatic carbocycles. The minimum absolute atomic E-state index is 0.158. The van der Waals surface area contributed by atoms with Gasteiger partial charge in [-0.15, -0.1) is 0 Å². The fourth-order valence-electron chi connectivity index (χ4n) is 1.83. The van der Waals surface area contributed by atoms with Gasteiger partial charge in [-0.25, -0.2) is 0 Å². The van der Waals surface area contributed by atoms with Crippen LogP contribution in [0.15, 0.2) is 23.2 Å². The number of methoxy groups -OCH3 is 1. The number of rotatable bonds is 7. The molecule has 0 unspecified atom stereocenters. The Morgan fingerprint density at radius 3 is 2.57 bits per heavy atom. The third-order valence-corrected chi connectivity index (χ3v) is 3.34. The first-order valence-electron chi connectivity index (χ1n) is 7.31. The molecule has 0 amide bonds. The second-order valence-corrected chi connectivity index (χ2v) is 5.73. The lowest BCUT2D eigenvalue weighted by atomic mass is 10.1. The van der Waals surface area contributed by atoms with Gasteiger partial charge in [0.15, 0.2) is 5.96 Å². The molecular formula is C16H25F2N3O2. The van der Waals surface area contributed by atoms with Gasteiger partial charge in [0.25, 0.3) is 0 Å². The van der Waals surface area contributed by atoms with Crippen LogP contribution in [0.4, 0.5) is 8.78 Å². The highest BCUT2D eigenvalue weighted by Gasteiger charge is 2.17. The van der Waals surface area contributed by atoms with Gasteiger partial charge < -0.3 is 20.1 Å². The van der Waals surface area contributed by atoms with Crippen molar-refractivity contribution in [1.29, 1.82) is 0 Å². The minimum Gasteiger partial charge on any atom is -0.434 e. The monoisotopic (exact) mass is 329 g/mol. The van der Waals surface area contributed by atoms with E-state index in [4.69, 9.17) is 4.74 Å². The first kappa shape index (κ1) is 19.2. The van der Waals surface area contributed by atoms with Crippen molar-refractivity contribution >= 4 is 5.96 Å². The maximum atomic E-state index is 12.5. The number of hydrogen-bond acceptors (Lipinski definition) is 3. The SMILES string of the molecule is CN=C(NCc1cc(C)ccc1OC(F)F)NCC(C)(C)OC. The quantitative estimate of drug-likeness (QED) is 0.596. The lowest BCUT2D eigenvalue weighted by Gasteiger charge is -2.24. The third kappa shape index (κ3) is 6.81. The van der Waals surface area contributed by atoms with Crippen LogP contribution in [0.3, 0.4) is 0 Å². The summed E-state index contributed by atoms with van der Waals surface area (Å²) in [5, 5.41) is 6.21. The number of halogens is 2.